The summed E-state index contributed by atoms with van der Waals surface area (Å²) in [6.45, 7) is 6.02. The van der Waals surface area contributed by atoms with Crippen LogP contribution in [0.25, 0.3) is 16.6 Å². The van der Waals surface area contributed by atoms with Crippen LogP contribution in [0.1, 0.15) is 18.9 Å². The first-order valence-electron chi connectivity index (χ1n) is 4.61. The highest BCUT2D eigenvalue weighted by Crippen LogP contribution is 2.18. The lowest BCUT2D eigenvalue weighted by atomic mass is 10.1. The van der Waals surface area contributed by atoms with Crippen molar-refractivity contribution in [3.8, 4) is 0 Å². The van der Waals surface area contributed by atoms with Crippen LogP contribution in [0.2, 0.25) is 0 Å². The minimum Gasteiger partial charge on any atom is -0.306 e. The van der Waals surface area contributed by atoms with E-state index in [2.05, 4.69) is 23.5 Å². The molecule has 3 heteroatoms. The average Bonchev–Trinajstić information content (AvgIpc) is 2.55. The third kappa shape index (κ3) is 1.37. The van der Waals surface area contributed by atoms with E-state index in [0.29, 0.717) is 0 Å². The molecule has 2 aromatic rings. The Morgan fingerprint density at radius 3 is 2.79 bits per heavy atom. The van der Waals surface area contributed by atoms with Gasteiger partial charge in [-0.15, -0.1) is 0 Å². The SMILES string of the molecule is C=C(CC)c1ccc2[nH]c(=O)[nH]c2c1. The van der Waals surface area contributed by atoms with Crippen molar-refractivity contribution in [3.05, 3.63) is 40.8 Å². The van der Waals surface area contributed by atoms with Gasteiger partial charge in [0, 0.05) is 0 Å². The van der Waals surface area contributed by atoms with Gasteiger partial charge in [-0.3, -0.25) is 0 Å². The van der Waals surface area contributed by atoms with Crippen molar-refractivity contribution in [1.82, 2.24) is 9.97 Å². The fourth-order valence-corrected chi connectivity index (χ4v) is 1.46. The third-order valence-electron chi connectivity index (χ3n) is 2.35. The number of hydrogen-bond donors (Lipinski definition) is 2. The fourth-order valence-electron chi connectivity index (χ4n) is 1.46. The van der Waals surface area contributed by atoms with Gasteiger partial charge in [0.2, 0.25) is 0 Å². The highest BCUT2D eigenvalue weighted by atomic mass is 16.1. The molecule has 0 unspecified atom stereocenters. The van der Waals surface area contributed by atoms with Crippen molar-refractivity contribution in [3.63, 3.8) is 0 Å². The maximum Gasteiger partial charge on any atom is 0.323 e. The molecule has 0 aliphatic carbocycles. The summed E-state index contributed by atoms with van der Waals surface area (Å²) in [5.74, 6) is 0. The highest BCUT2D eigenvalue weighted by molar-refractivity contribution is 5.79. The predicted molar refractivity (Wildman–Crippen MR) is 58.2 cm³/mol. The predicted octanol–water partition coefficient (Wildman–Crippen LogP) is 2.28. The summed E-state index contributed by atoms with van der Waals surface area (Å²) in [5, 5.41) is 0. The van der Waals surface area contributed by atoms with Gasteiger partial charge in [0.05, 0.1) is 11.0 Å². The zero-order chi connectivity index (χ0) is 10.1. The Bertz CT molecular complexity index is 533. The number of fused-ring (bicyclic) bond motifs is 1. The fraction of sp³-hybridized carbons (Fsp3) is 0.182. The number of imidazole rings is 1. The van der Waals surface area contributed by atoms with Gasteiger partial charge in [0.15, 0.2) is 0 Å². The van der Waals surface area contributed by atoms with Crippen LogP contribution in [0.5, 0.6) is 0 Å². The zero-order valence-corrected chi connectivity index (χ0v) is 8.05. The minimum atomic E-state index is -0.167. The number of rotatable bonds is 2. The Labute approximate surface area is 81.5 Å². The molecule has 0 fully saturated rings. The Hall–Kier alpha value is -1.77. The number of H-pyrrole nitrogens is 2. The van der Waals surface area contributed by atoms with E-state index < -0.39 is 0 Å². The summed E-state index contributed by atoms with van der Waals surface area (Å²) < 4.78 is 0. The van der Waals surface area contributed by atoms with Crippen LogP contribution < -0.4 is 5.69 Å². The first-order valence-corrected chi connectivity index (χ1v) is 4.61. The minimum absolute atomic E-state index is 0.167. The van der Waals surface area contributed by atoms with Crippen molar-refractivity contribution in [2.75, 3.05) is 0 Å². The van der Waals surface area contributed by atoms with E-state index >= 15 is 0 Å². The van der Waals surface area contributed by atoms with E-state index in [1.165, 1.54) is 0 Å². The highest BCUT2D eigenvalue weighted by Gasteiger charge is 2.01. The molecule has 0 spiro atoms. The second-order valence-corrected chi connectivity index (χ2v) is 3.30. The molecule has 0 saturated heterocycles. The number of aromatic amines is 2. The van der Waals surface area contributed by atoms with E-state index in [9.17, 15) is 4.79 Å². The average molecular weight is 188 g/mol. The number of allylic oxidation sites excluding steroid dienone is 1. The molecule has 1 aromatic heterocycles. The van der Waals surface area contributed by atoms with Gasteiger partial charge in [-0.25, -0.2) is 4.79 Å². The Morgan fingerprint density at radius 2 is 2.07 bits per heavy atom. The molecule has 0 aliphatic rings. The van der Waals surface area contributed by atoms with E-state index in [-0.39, 0.29) is 5.69 Å². The summed E-state index contributed by atoms with van der Waals surface area (Å²) in [7, 11) is 0. The van der Waals surface area contributed by atoms with Crippen LogP contribution in [0.4, 0.5) is 0 Å². The molecule has 14 heavy (non-hydrogen) atoms. The third-order valence-corrected chi connectivity index (χ3v) is 2.35. The second-order valence-electron chi connectivity index (χ2n) is 3.30. The Kier molecular flexibility index (Phi) is 2.00. The maximum atomic E-state index is 11.0. The number of nitrogens with one attached hydrogen (secondary N) is 2. The summed E-state index contributed by atoms with van der Waals surface area (Å²) in [6, 6.07) is 5.81. The van der Waals surface area contributed by atoms with Gasteiger partial charge >= 0.3 is 5.69 Å². The van der Waals surface area contributed by atoms with Crippen LogP contribution in [0.15, 0.2) is 29.6 Å². The van der Waals surface area contributed by atoms with Crippen LogP contribution in [-0.4, -0.2) is 9.97 Å². The molecule has 0 amide bonds. The van der Waals surface area contributed by atoms with Crippen molar-refractivity contribution < 1.29 is 0 Å². The summed E-state index contributed by atoms with van der Waals surface area (Å²) >= 11 is 0. The van der Waals surface area contributed by atoms with E-state index in [1.807, 2.05) is 18.2 Å². The van der Waals surface area contributed by atoms with Gasteiger partial charge in [0.25, 0.3) is 0 Å². The summed E-state index contributed by atoms with van der Waals surface area (Å²) in [6.07, 6.45) is 0.917. The van der Waals surface area contributed by atoms with Gasteiger partial charge < -0.3 is 9.97 Å². The lowest BCUT2D eigenvalue weighted by Gasteiger charge is -2.01. The van der Waals surface area contributed by atoms with Crippen LogP contribution in [0.3, 0.4) is 0 Å². The number of aromatic nitrogens is 2. The Morgan fingerprint density at radius 1 is 1.36 bits per heavy atom. The molecule has 1 heterocycles. The molecule has 3 nitrogen and oxygen atoms in total. The molecule has 2 N–H and O–H groups in total. The van der Waals surface area contributed by atoms with Gasteiger partial charge in [-0.05, 0) is 29.7 Å². The Balaban J connectivity index is 2.61. The first-order chi connectivity index (χ1) is 6.70. The molecule has 0 bridgehead atoms. The van der Waals surface area contributed by atoms with Crippen molar-refractivity contribution in [2.45, 2.75) is 13.3 Å². The smallest absolute Gasteiger partial charge is 0.306 e. The van der Waals surface area contributed by atoms with Gasteiger partial charge in [-0.2, -0.15) is 0 Å². The first kappa shape index (κ1) is 8.81. The monoisotopic (exact) mass is 188 g/mol. The summed E-state index contributed by atoms with van der Waals surface area (Å²) in [5.41, 5.74) is 3.66. The van der Waals surface area contributed by atoms with Crippen molar-refractivity contribution in [2.24, 2.45) is 0 Å². The lowest BCUT2D eigenvalue weighted by molar-refractivity contribution is 1.21. The van der Waals surface area contributed by atoms with Gasteiger partial charge in [-0.1, -0.05) is 19.6 Å². The number of hydrogen-bond acceptors (Lipinski definition) is 1. The summed E-state index contributed by atoms with van der Waals surface area (Å²) in [4.78, 5) is 16.4. The molecule has 2 rings (SSSR count). The molecular formula is C11H12N2O. The second kappa shape index (κ2) is 3.18. The van der Waals surface area contributed by atoms with Crippen molar-refractivity contribution in [1.29, 1.82) is 0 Å². The molecule has 0 atom stereocenters. The lowest BCUT2D eigenvalue weighted by Crippen LogP contribution is -1.99. The maximum absolute atomic E-state index is 11.0. The number of benzene rings is 1. The molecular weight excluding hydrogens is 176 g/mol. The molecule has 0 radical (unpaired) electrons. The van der Waals surface area contributed by atoms with Crippen LogP contribution in [0, 0.1) is 0 Å². The van der Waals surface area contributed by atoms with E-state index in [1.54, 1.807) is 0 Å². The normalized spacial score (nSPS) is 10.6. The van der Waals surface area contributed by atoms with E-state index in [0.717, 1.165) is 28.6 Å². The van der Waals surface area contributed by atoms with Gasteiger partial charge in [0.1, 0.15) is 0 Å². The van der Waals surface area contributed by atoms with Crippen molar-refractivity contribution >= 4 is 16.6 Å². The van der Waals surface area contributed by atoms with Crippen LogP contribution in [-0.2, 0) is 0 Å². The zero-order valence-electron chi connectivity index (χ0n) is 8.05. The molecule has 0 saturated carbocycles. The standard InChI is InChI=1S/C11H12N2O/c1-3-7(2)8-4-5-9-10(6-8)13-11(14)12-9/h4-6H,2-3H2,1H3,(H2,12,13,14). The van der Waals surface area contributed by atoms with Crippen LogP contribution >= 0.6 is 0 Å². The topological polar surface area (TPSA) is 48.6 Å². The molecule has 1 aromatic carbocycles. The van der Waals surface area contributed by atoms with E-state index in [4.69, 9.17) is 0 Å². The molecule has 72 valence electrons. The quantitative estimate of drug-likeness (QED) is 0.746. The molecule has 0 aliphatic heterocycles. The largest absolute Gasteiger partial charge is 0.323 e.